The Morgan fingerprint density at radius 3 is 2.32 bits per heavy atom. The summed E-state index contributed by atoms with van der Waals surface area (Å²) in [7, 11) is 1.32. The zero-order valence-electron chi connectivity index (χ0n) is 14.4. The van der Waals surface area contributed by atoms with Gasteiger partial charge in [0.15, 0.2) is 5.78 Å². The van der Waals surface area contributed by atoms with Crippen LogP contribution in [0, 0.1) is 3.57 Å². The van der Waals surface area contributed by atoms with Gasteiger partial charge in [0, 0.05) is 14.7 Å². The summed E-state index contributed by atoms with van der Waals surface area (Å²) in [5, 5.41) is 0. The van der Waals surface area contributed by atoms with Crippen molar-refractivity contribution in [3.63, 3.8) is 0 Å². The first-order valence-corrected chi connectivity index (χ1v) is 9.30. The van der Waals surface area contributed by atoms with Gasteiger partial charge in [-0.15, -0.1) is 0 Å². The molecule has 0 radical (unpaired) electrons. The van der Waals surface area contributed by atoms with Gasteiger partial charge in [-0.1, -0.05) is 19.8 Å². The third kappa shape index (κ3) is 5.29. The van der Waals surface area contributed by atoms with Gasteiger partial charge in [0.1, 0.15) is 11.3 Å². The van der Waals surface area contributed by atoms with E-state index >= 15 is 0 Å². The molecule has 0 aliphatic heterocycles. The van der Waals surface area contributed by atoms with Gasteiger partial charge in [0.05, 0.1) is 13.7 Å². The molecule has 0 unspecified atom stereocenters. The summed E-state index contributed by atoms with van der Waals surface area (Å²) in [6.07, 6.45) is 3.08. The van der Waals surface area contributed by atoms with Gasteiger partial charge in [-0.05, 0) is 71.5 Å². The van der Waals surface area contributed by atoms with Gasteiger partial charge in [0.2, 0.25) is 0 Å². The van der Waals surface area contributed by atoms with E-state index in [4.69, 9.17) is 9.47 Å². The second-order valence-corrected chi connectivity index (χ2v) is 6.84. The summed E-state index contributed by atoms with van der Waals surface area (Å²) in [5.41, 5.74) is 1.28. The molecule has 0 aromatic heterocycles. The molecule has 0 N–H and O–H groups in total. The van der Waals surface area contributed by atoms with Crippen LogP contribution >= 0.6 is 22.6 Å². The van der Waals surface area contributed by atoms with Crippen LogP contribution in [0.4, 0.5) is 0 Å². The number of methoxy groups -OCH3 is 1. The molecular formula is C20H21IO4. The quantitative estimate of drug-likeness (QED) is 0.248. The van der Waals surface area contributed by atoms with Crippen molar-refractivity contribution >= 4 is 34.3 Å². The van der Waals surface area contributed by atoms with E-state index in [1.54, 1.807) is 30.3 Å². The third-order valence-electron chi connectivity index (χ3n) is 3.76. The topological polar surface area (TPSA) is 52.6 Å². The van der Waals surface area contributed by atoms with E-state index in [1.807, 2.05) is 12.1 Å². The fourth-order valence-electron chi connectivity index (χ4n) is 2.37. The highest BCUT2D eigenvalue weighted by molar-refractivity contribution is 14.1. The number of carbonyl (C=O) groups is 2. The molecule has 0 amide bonds. The molecule has 0 saturated heterocycles. The lowest BCUT2D eigenvalue weighted by molar-refractivity contribution is 0.0596. The molecule has 132 valence electrons. The van der Waals surface area contributed by atoms with Crippen molar-refractivity contribution in [1.82, 2.24) is 0 Å². The van der Waals surface area contributed by atoms with Crippen molar-refractivity contribution in [2.75, 3.05) is 13.7 Å². The number of unbranched alkanes of at least 4 members (excludes halogenated alkanes) is 2. The Hall–Kier alpha value is -1.89. The standard InChI is InChI=1S/C20H21IO4/c1-3-4-5-12-25-18-11-8-15(13-17(18)20(23)24-2)19(22)14-6-9-16(21)10-7-14/h6-11,13H,3-5,12H2,1-2H3. The SMILES string of the molecule is CCCCCOc1ccc(C(=O)c2ccc(I)cc2)cc1C(=O)OC. The minimum Gasteiger partial charge on any atom is -0.493 e. The predicted octanol–water partition coefficient (Wildman–Crippen LogP) is 4.88. The van der Waals surface area contributed by atoms with E-state index < -0.39 is 5.97 Å². The van der Waals surface area contributed by atoms with Crippen LogP contribution in [-0.2, 0) is 4.74 Å². The fourth-order valence-corrected chi connectivity index (χ4v) is 2.73. The number of rotatable bonds is 8. The normalized spacial score (nSPS) is 10.4. The second-order valence-electron chi connectivity index (χ2n) is 5.59. The second kappa shape index (κ2) is 9.56. The molecule has 2 aromatic carbocycles. The van der Waals surface area contributed by atoms with Crippen LogP contribution in [0.1, 0.15) is 52.5 Å². The summed E-state index contributed by atoms with van der Waals surface area (Å²) >= 11 is 2.19. The number of benzene rings is 2. The molecule has 0 saturated carbocycles. The smallest absolute Gasteiger partial charge is 0.341 e. The highest BCUT2D eigenvalue weighted by atomic mass is 127. The van der Waals surface area contributed by atoms with E-state index in [2.05, 4.69) is 29.5 Å². The van der Waals surface area contributed by atoms with Crippen molar-refractivity contribution in [2.45, 2.75) is 26.2 Å². The van der Waals surface area contributed by atoms with Gasteiger partial charge in [-0.3, -0.25) is 4.79 Å². The Balaban J connectivity index is 2.26. The van der Waals surface area contributed by atoms with Crippen LogP contribution < -0.4 is 4.74 Å². The first-order chi connectivity index (χ1) is 12.1. The lowest BCUT2D eigenvalue weighted by atomic mass is 10.0. The number of hydrogen-bond acceptors (Lipinski definition) is 4. The maximum absolute atomic E-state index is 12.6. The Bertz CT molecular complexity index is 738. The molecule has 0 aliphatic carbocycles. The Kier molecular flexibility index (Phi) is 7.43. The number of ketones is 1. The van der Waals surface area contributed by atoms with E-state index in [0.717, 1.165) is 22.8 Å². The van der Waals surface area contributed by atoms with Gasteiger partial charge in [-0.25, -0.2) is 4.79 Å². The van der Waals surface area contributed by atoms with Crippen LogP contribution in [-0.4, -0.2) is 25.5 Å². The number of carbonyl (C=O) groups excluding carboxylic acids is 2. The van der Waals surface area contributed by atoms with Crippen molar-refractivity contribution < 1.29 is 19.1 Å². The van der Waals surface area contributed by atoms with Crippen LogP contribution in [0.3, 0.4) is 0 Å². The zero-order chi connectivity index (χ0) is 18.2. The van der Waals surface area contributed by atoms with Gasteiger partial charge in [-0.2, -0.15) is 0 Å². The minimum atomic E-state index is -0.511. The molecule has 0 bridgehead atoms. The largest absolute Gasteiger partial charge is 0.493 e. The number of halogens is 1. The van der Waals surface area contributed by atoms with Crippen LogP contribution in [0.5, 0.6) is 5.75 Å². The molecule has 25 heavy (non-hydrogen) atoms. The van der Waals surface area contributed by atoms with Crippen LogP contribution in [0.25, 0.3) is 0 Å². The monoisotopic (exact) mass is 452 g/mol. The highest BCUT2D eigenvalue weighted by Gasteiger charge is 2.17. The Labute approximate surface area is 161 Å². The third-order valence-corrected chi connectivity index (χ3v) is 4.48. The first kappa shape index (κ1) is 19.4. The van der Waals surface area contributed by atoms with Crippen molar-refractivity contribution in [3.8, 4) is 5.75 Å². The summed E-state index contributed by atoms with van der Waals surface area (Å²) in [4.78, 5) is 24.7. The van der Waals surface area contributed by atoms with E-state index in [1.165, 1.54) is 7.11 Å². The molecule has 2 aromatic rings. The highest BCUT2D eigenvalue weighted by Crippen LogP contribution is 2.23. The van der Waals surface area contributed by atoms with Gasteiger partial charge >= 0.3 is 5.97 Å². The summed E-state index contributed by atoms with van der Waals surface area (Å²) in [6.45, 7) is 2.65. The molecule has 0 aliphatic rings. The van der Waals surface area contributed by atoms with E-state index in [0.29, 0.717) is 23.5 Å². The molecule has 2 rings (SSSR count). The van der Waals surface area contributed by atoms with Gasteiger partial charge in [0.25, 0.3) is 0 Å². The average molecular weight is 452 g/mol. The maximum Gasteiger partial charge on any atom is 0.341 e. The molecule has 0 spiro atoms. The number of esters is 1. The van der Waals surface area contributed by atoms with Crippen molar-refractivity contribution in [2.24, 2.45) is 0 Å². The van der Waals surface area contributed by atoms with Crippen LogP contribution in [0.15, 0.2) is 42.5 Å². The zero-order valence-corrected chi connectivity index (χ0v) is 16.5. The Morgan fingerprint density at radius 1 is 1.00 bits per heavy atom. The van der Waals surface area contributed by atoms with E-state index in [9.17, 15) is 9.59 Å². The fraction of sp³-hybridized carbons (Fsp3) is 0.300. The number of hydrogen-bond donors (Lipinski definition) is 0. The summed E-state index contributed by atoms with van der Waals surface area (Å²) in [5.74, 6) is -0.205. The molecule has 0 fully saturated rings. The average Bonchev–Trinajstić information content (AvgIpc) is 2.64. The molecule has 0 heterocycles. The predicted molar refractivity (Wildman–Crippen MR) is 105 cm³/mol. The summed E-state index contributed by atoms with van der Waals surface area (Å²) < 4.78 is 11.6. The summed E-state index contributed by atoms with van der Waals surface area (Å²) in [6, 6.07) is 12.2. The Morgan fingerprint density at radius 2 is 1.68 bits per heavy atom. The first-order valence-electron chi connectivity index (χ1n) is 8.22. The van der Waals surface area contributed by atoms with Crippen molar-refractivity contribution in [3.05, 3.63) is 62.7 Å². The molecule has 0 atom stereocenters. The maximum atomic E-state index is 12.6. The minimum absolute atomic E-state index is 0.140. The molecule has 4 nitrogen and oxygen atoms in total. The van der Waals surface area contributed by atoms with Gasteiger partial charge < -0.3 is 9.47 Å². The lowest BCUT2D eigenvalue weighted by Gasteiger charge is -2.12. The van der Waals surface area contributed by atoms with Crippen LogP contribution in [0.2, 0.25) is 0 Å². The molecule has 5 heteroatoms. The molecular weight excluding hydrogens is 431 g/mol. The van der Waals surface area contributed by atoms with E-state index in [-0.39, 0.29) is 11.3 Å². The van der Waals surface area contributed by atoms with Crippen molar-refractivity contribution in [1.29, 1.82) is 0 Å². The lowest BCUT2D eigenvalue weighted by Crippen LogP contribution is -2.09. The number of ether oxygens (including phenoxy) is 2.